The lowest BCUT2D eigenvalue weighted by Crippen LogP contribution is -2.36. The van der Waals surface area contributed by atoms with Crippen LogP contribution in [0.4, 0.5) is 5.82 Å². The summed E-state index contributed by atoms with van der Waals surface area (Å²) in [6.07, 6.45) is 3.57. The van der Waals surface area contributed by atoms with E-state index < -0.39 is 0 Å². The molecule has 1 aromatic rings. The number of rotatable bonds is 5. The zero-order valence-electron chi connectivity index (χ0n) is 10.3. The maximum atomic E-state index is 11.9. The van der Waals surface area contributed by atoms with E-state index in [0.717, 1.165) is 0 Å². The molecule has 0 radical (unpaired) electrons. The Kier molecular flexibility index (Phi) is 4.77. The number of hydrogen-bond donors (Lipinski definition) is 3. The van der Waals surface area contributed by atoms with Crippen molar-refractivity contribution in [1.82, 2.24) is 10.3 Å². The van der Waals surface area contributed by atoms with Crippen molar-refractivity contribution in [3.8, 4) is 0 Å². The van der Waals surface area contributed by atoms with Gasteiger partial charge in [-0.15, -0.1) is 0 Å². The van der Waals surface area contributed by atoms with Gasteiger partial charge in [0.25, 0.3) is 5.91 Å². The molecule has 6 heteroatoms. The average Bonchev–Trinajstić information content (AvgIpc) is 2.36. The zero-order chi connectivity index (χ0) is 12.9. The molecule has 0 saturated carbocycles. The molecule has 0 atom stereocenters. The lowest BCUT2D eigenvalue weighted by atomic mass is 10.2. The van der Waals surface area contributed by atoms with Gasteiger partial charge in [-0.05, 0) is 32.2 Å². The first-order chi connectivity index (χ1) is 7.98. The van der Waals surface area contributed by atoms with Crippen LogP contribution in [-0.2, 0) is 0 Å². The number of amides is 1. The Balaban J connectivity index is 2.64. The van der Waals surface area contributed by atoms with Gasteiger partial charge < -0.3 is 10.7 Å². The number of pyridine rings is 1. The Hall–Kier alpha value is -1.27. The zero-order valence-corrected chi connectivity index (χ0v) is 11.1. The van der Waals surface area contributed by atoms with Crippen LogP contribution in [0.3, 0.4) is 0 Å². The van der Waals surface area contributed by atoms with Gasteiger partial charge in [-0.2, -0.15) is 11.8 Å². The highest BCUT2D eigenvalue weighted by Crippen LogP contribution is 2.19. The molecule has 94 valence electrons. The maximum absolute atomic E-state index is 11.9. The van der Waals surface area contributed by atoms with Crippen LogP contribution < -0.4 is 16.6 Å². The van der Waals surface area contributed by atoms with Gasteiger partial charge in [0, 0.05) is 23.1 Å². The third-order valence-corrected chi connectivity index (χ3v) is 3.65. The largest absolute Gasteiger partial charge is 0.351 e. The molecule has 0 saturated heterocycles. The van der Waals surface area contributed by atoms with E-state index in [1.54, 1.807) is 30.1 Å². The van der Waals surface area contributed by atoms with Crippen LogP contribution in [0, 0.1) is 0 Å². The van der Waals surface area contributed by atoms with Crippen LogP contribution in [0.2, 0.25) is 0 Å². The highest BCUT2D eigenvalue weighted by Gasteiger charge is 2.17. The van der Waals surface area contributed by atoms with E-state index in [9.17, 15) is 4.79 Å². The number of nitrogens with two attached hydrogens (primary N) is 1. The fourth-order valence-electron chi connectivity index (χ4n) is 1.12. The predicted molar refractivity (Wildman–Crippen MR) is 72.0 cm³/mol. The van der Waals surface area contributed by atoms with Crippen molar-refractivity contribution in [3.05, 3.63) is 23.9 Å². The maximum Gasteiger partial charge on any atom is 0.251 e. The van der Waals surface area contributed by atoms with Crippen LogP contribution in [-0.4, -0.2) is 28.4 Å². The minimum absolute atomic E-state index is 0.0254. The summed E-state index contributed by atoms with van der Waals surface area (Å²) in [5.41, 5.74) is 2.96. The van der Waals surface area contributed by atoms with E-state index >= 15 is 0 Å². The first-order valence-electron chi connectivity index (χ1n) is 5.24. The van der Waals surface area contributed by atoms with Crippen molar-refractivity contribution in [2.75, 3.05) is 18.2 Å². The number of anilines is 1. The molecule has 1 amide bonds. The molecule has 1 rings (SSSR count). The molecule has 0 bridgehead atoms. The van der Waals surface area contributed by atoms with Crippen LogP contribution in [0.1, 0.15) is 24.2 Å². The monoisotopic (exact) mass is 254 g/mol. The molecule has 0 unspecified atom stereocenters. The third-order valence-electron chi connectivity index (χ3n) is 2.40. The Bertz CT molecular complexity index is 395. The van der Waals surface area contributed by atoms with Crippen molar-refractivity contribution in [3.63, 3.8) is 0 Å². The highest BCUT2D eigenvalue weighted by molar-refractivity contribution is 7.99. The van der Waals surface area contributed by atoms with Crippen LogP contribution in [0.25, 0.3) is 0 Å². The number of aromatic nitrogens is 1. The van der Waals surface area contributed by atoms with Crippen molar-refractivity contribution in [2.24, 2.45) is 5.84 Å². The second-order valence-electron chi connectivity index (χ2n) is 4.22. The molecule has 1 heterocycles. The smallest absolute Gasteiger partial charge is 0.251 e. The van der Waals surface area contributed by atoms with Crippen molar-refractivity contribution in [2.45, 2.75) is 18.6 Å². The number of nitrogens with zero attached hydrogens (tertiary/aromatic N) is 1. The molecule has 0 aliphatic heterocycles. The molecular weight excluding hydrogens is 236 g/mol. The predicted octanol–water partition coefficient (Wildman–Crippen LogP) is 1.24. The van der Waals surface area contributed by atoms with Gasteiger partial charge in [0.05, 0.1) is 0 Å². The molecule has 0 aromatic carbocycles. The second kappa shape index (κ2) is 5.88. The fraction of sp³-hybridized carbons (Fsp3) is 0.455. The summed E-state index contributed by atoms with van der Waals surface area (Å²) < 4.78 is 0.0254. The first kappa shape index (κ1) is 13.8. The van der Waals surface area contributed by atoms with Crippen molar-refractivity contribution < 1.29 is 4.79 Å². The molecule has 0 aliphatic rings. The van der Waals surface area contributed by atoms with E-state index in [0.29, 0.717) is 17.9 Å². The number of carbonyl (C=O) groups excluding carboxylic acids is 1. The van der Waals surface area contributed by atoms with Crippen LogP contribution in [0.15, 0.2) is 18.3 Å². The normalized spacial score (nSPS) is 11.1. The van der Waals surface area contributed by atoms with Crippen LogP contribution in [0.5, 0.6) is 0 Å². The molecule has 0 fully saturated rings. The Morgan fingerprint density at radius 1 is 1.59 bits per heavy atom. The Labute approximate surface area is 106 Å². The second-order valence-corrected chi connectivity index (χ2v) is 5.73. The number of hydrogen-bond acceptors (Lipinski definition) is 5. The molecule has 0 spiro atoms. The van der Waals surface area contributed by atoms with E-state index in [1.807, 2.05) is 6.26 Å². The van der Waals surface area contributed by atoms with E-state index in [1.165, 1.54) is 0 Å². The van der Waals surface area contributed by atoms with Gasteiger partial charge in [0.1, 0.15) is 5.82 Å². The lowest BCUT2D eigenvalue weighted by molar-refractivity contribution is 0.0951. The number of thioether (sulfide) groups is 1. The molecule has 5 nitrogen and oxygen atoms in total. The summed E-state index contributed by atoms with van der Waals surface area (Å²) in [6.45, 7) is 4.77. The van der Waals surface area contributed by atoms with Gasteiger partial charge in [0.2, 0.25) is 0 Å². The Morgan fingerprint density at radius 3 is 2.88 bits per heavy atom. The van der Waals surface area contributed by atoms with Gasteiger partial charge in [-0.25, -0.2) is 10.8 Å². The Morgan fingerprint density at radius 2 is 2.29 bits per heavy atom. The van der Waals surface area contributed by atoms with Crippen LogP contribution >= 0.6 is 11.8 Å². The molecule has 4 N–H and O–H groups in total. The summed E-state index contributed by atoms with van der Waals surface area (Å²) in [5, 5.41) is 2.89. The standard InChI is InChI=1S/C11H18N4OS/c1-11(2,17-3)7-14-10(16)8-4-5-13-9(6-8)15-12/h4-6H,7,12H2,1-3H3,(H,13,15)(H,14,16). The van der Waals surface area contributed by atoms with Crippen molar-refractivity contribution in [1.29, 1.82) is 0 Å². The SMILES string of the molecule is CSC(C)(C)CNC(=O)c1ccnc(NN)c1. The lowest BCUT2D eigenvalue weighted by Gasteiger charge is -2.22. The summed E-state index contributed by atoms with van der Waals surface area (Å²) in [5.74, 6) is 5.59. The summed E-state index contributed by atoms with van der Waals surface area (Å²) in [4.78, 5) is 15.8. The van der Waals surface area contributed by atoms with Gasteiger partial charge in [-0.1, -0.05) is 0 Å². The number of carbonyl (C=O) groups is 1. The molecular formula is C11H18N4OS. The van der Waals surface area contributed by atoms with E-state index in [-0.39, 0.29) is 10.7 Å². The quantitative estimate of drug-likeness (QED) is 0.544. The topological polar surface area (TPSA) is 80.0 Å². The summed E-state index contributed by atoms with van der Waals surface area (Å²) >= 11 is 1.71. The van der Waals surface area contributed by atoms with Gasteiger partial charge >= 0.3 is 0 Å². The number of hydrazine groups is 1. The van der Waals surface area contributed by atoms with Gasteiger partial charge in [-0.3, -0.25) is 4.79 Å². The summed E-state index contributed by atoms with van der Waals surface area (Å²) in [7, 11) is 0. The van der Waals surface area contributed by atoms with E-state index in [4.69, 9.17) is 5.84 Å². The molecule has 1 aromatic heterocycles. The fourth-order valence-corrected chi connectivity index (χ4v) is 1.33. The van der Waals surface area contributed by atoms with Crippen molar-refractivity contribution >= 4 is 23.5 Å². The molecule has 17 heavy (non-hydrogen) atoms. The average molecular weight is 254 g/mol. The van der Waals surface area contributed by atoms with Gasteiger partial charge in [0.15, 0.2) is 0 Å². The minimum atomic E-state index is -0.119. The summed E-state index contributed by atoms with van der Waals surface area (Å²) in [6, 6.07) is 3.27. The molecule has 0 aliphatic carbocycles. The number of nitrogen functional groups attached to an aromatic ring is 1. The minimum Gasteiger partial charge on any atom is -0.351 e. The first-order valence-corrected chi connectivity index (χ1v) is 6.47. The highest BCUT2D eigenvalue weighted by atomic mass is 32.2. The van der Waals surface area contributed by atoms with E-state index in [2.05, 4.69) is 29.6 Å². The third kappa shape index (κ3) is 4.24. The number of nitrogens with one attached hydrogen (secondary N) is 2.